The van der Waals surface area contributed by atoms with Gasteiger partial charge in [-0.15, -0.1) is 0 Å². The van der Waals surface area contributed by atoms with Gasteiger partial charge >= 0.3 is 12.1 Å². The molecule has 0 aromatic heterocycles. The zero-order chi connectivity index (χ0) is 23.4. The molecule has 2 amide bonds. The highest BCUT2D eigenvalue weighted by Crippen LogP contribution is 2.44. The first kappa shape index (κ1) is 22.8. The first-order valence-electron chi connectivity index (χ1n) is 11.6. The maximum Gasteiger partial charge on any atom is 0.407 e. The van der Waals surface area contributed by atoms with Crippen LogP contribution in [0.15, 0.2) is 48.5 Å². The molecule has 2 aliphatic carbocycles. The zero-order valence-electron chi connectivity index (χ0n) is 18.8. The number of carboxylic acid groups (broad SMARTS) is 1. The molecule has 174 valence electrons. The molecule has 33 heavy (non-hydrogen) atoms. The van der Waals surface area contributed by atoms with Crippen molar-refractivity contribution in [3.05, 3.63) is 59.7 Å². The highest BCUT2D eigenvalue weighted by Gasteiger charge is 2.33. The average molecular weight is 451 g/mol. The van der Waals surface area contributed by atoms with E-state index < -0.39 is 24.1 Å². The van der Waals surface area contributed by atoms with Crippen LogP contribution in [-0.4, -0.2) is 41.8 Å². The van der Waals surface area contributed by atoms with E-state index >= 15 is 0 Å². The summed E-state index contributed by atoms with van der Waals surface area (Å²) in [6.07, 6.45) is 2.30. The summed E-state index contributed by atoms with van der Waals surface area (Å²) in [5.41, 5.74) is 4.55. The Morgan fingerprint density at radius 2 is 1.61 bits per heavy atom. The predicted octanol–water partition coefficient (Wildman–Crippen LogP) is 4.06. The van der Waals surface area contributed by atoms with E-state index in [4.69, 9.17) is 9.84 Å². The summed E-state index contributed by atoms with van der Waals surface area (Å²) in [5, 5.41) is 14.5. The van der Waals surface area contributed by atoms with Gasteiger partial charge in [0.1, 0.15) is 12.6 Å². The summed E-state index contributed by atoms with van der Waals surface area (Å²) in [7, 11) is 0. The van der Waals surface area contributed by atoms with E-state index in [9.17, 15) is 14.4 Å². The molecule has 4 rings (SSSR count). The quantitative estimate of drug-likeness (QED) is 0.506. The second kappa shape index (κ2) is 10.1. The molecule has 1 saturated carbocycles. The van der Waals surface area contributed by atoms with Gasteiger partial charge in [-0.25, -0.2) is 4.79 Å². The second-order valence-corrected chi connectivity index (χ2v) is 8.91. The van der Waals surface area contributed by atoms with Gasteiger partial charge in [0.05, 0.1) is 6.42 Å². The first-order chi connectivity index (χ1) is 16.0. The van der Waals surface area contributed by atoms with E-state index in [0.717, 1.165) is 35.1 Å². The molecule has 2 atom stereocenters. The van der Waals surface area contributed by atoms with Crippen LogP contribution in [0.4, 0.5) is 4.79 Å². The fraction of sp³-hybridized carbons (Fsp3) is 0.423. The number of carbonyl (C=O) groups is 3. The van der Waals surface area contributed by atoms with Crippen LogP contribution in [0.1, 0.15) is 56.1 Å². The molecule has 7 nitrogen and oxygen atoms in total. The number of carbonyl (C=O) groups excluding carboxylic acids is 2. The van der Waals surface area contributed by atoms with Crippen molar-refractivity contribution in [3.8, 4) is 11.1 Å². The number of aliphatic carboxylic acids is 1. The Morgan fingerprint density at radius 1 is 1.00 bits per heavy atom. The van der Waals surface area contributed by atoms with Crippen LogP contribution in [0.5, 0.6) is 0 Å². The fourth-order valence-corrected chi connectivity index (χ4v) is 4.51. The number of fused-ring (bicyclic) bond motifs is 3. The monoisotopic (exact) mass is 450 g/mol. The molecule has 3 N–H and O–H groups in total. The predicted molar refractivity (Wildman–Crippen MR) is 124 cm³/mol. The molecule has 1 unspecified atom stereocenters. The Bertz CT molecular complexity index is 987. The number of ether oxygens (including phenoxy) is 1. The van der Waals surface area contributed by atoms with Crippen LogP contribution in [-0.2, 0) is 14.3 Å². The van der Waals surface area contributed by atoms with E-state index in [-0.39, 0.29) is 24.9 Å². The van der Waals surface area contributed by atoms with Crippen LogP contribution in [0.2, 0.25) is 0 Å². The summed E-state index contributed by atoms with van der Waals surface area (Å²) in [5.74, 6) is -0.984. The molecular formula is C26H30N2O5. The summed E-state index contributed by atoms with van der Waals surface area (Å²) >= 11 is 0. The molecule has 7 heteroatoms. The van der Waals surface area contributed by atoms with Gasteiger partial charge in [0, 0.05) is 12.0 Å². The number of rotatable bonds is 10. The molecule has 0 aliphatic heterocycles. The van der Waals surface area contributed by atoms with Gasteiger partial charge in [-0.3, -0.25) is 9.59 Å². The molecule has 1 fully saturated rings. The van der Waals surface area contributed by atoms with Crippen molar-refractivity contribution < 1.29 is 24.2 Å². The standard InChI is InChI=1S/C26H30N2O5/c1-2-17(14-24(29)30)27-25(31)23(13-16-11-12-16)28-26(32)33-15-22-20-9-5-3-7-18(20)19-8-4-6-10-21(19)22/h3-10,16-17,22-23H,2,11-15H2,1H3,(H,27,31)(H,28,32)(H,29,30)/t17-,23?/m1/s1. The SMILES string of the molecule is CC[C@H](CC(=O)O)NC(=O)C(CC1CC1)NC(=O)OCC1c2ccccc2-c2ccccc21. The fourth-order valence-electron chi connectivity index (χ4n) is 4.51. The molecule has 2 aromatic carbocycles. The van der Waals surface area contributed by atoms with Crippen LogP contribution < -0.4 is 10.6 Å². The lowest BCUT2D eigenvalue weighted by molar-refractivity contribution is -0.137. The van der Waals surface area contributed by atoms with Crippen molar-refractivity contribution in [2.75, 3.05) is 6.61 Å². The molecule has 2 aromatic rings. The van der Waals surface area contributed by atoms with Crippen molar-refractivity contribution in [1.29, 1.82) is 0 Å². The van der Waals surface area contributed by atoms with Crippen molar-refractivity contribution in [2.45, 2.75) is 57.0 Å². The Kier molecular flexibility index (Phi) is 6.96. The maximum absolute atomic E-state index is 12.8. The highest BCUT2D eigenvalue weighted by molar-refractivity contribution is 5.86. The number of hydrogen-bond acceptors (Lipinski definition) is 4. The number of benzene rings is 2. The lowest BCUT2D eigenvalue weighted by atomic mass is 9.98. The molecule has 0 radical (unpaired) electrons. The topological polar surface area (TPSA) is 105 Å². The van der Waals surface area contributed by atoms with E-state index in [0.29, 0.717) is 18.8 Å². The van der Waals surface area contributed by atoms with Gasteiger partial charge in [0.25, 0.3) is 0 Å². The summed E-state index contributed by atoms with van der Waals surface area (Å²) < 4.78 is 5.59. The minimum absolute atomic E-state index is 0.0566. The summed E-state index contributed by atoms with van der Waals surface area (Å²) in [6.45, 7) is 2.00. The lowest BCUT2D eigenvalue weighted by Crippen LogP contribution is -2.50. The lowest BCUT2D eigenvalue weighted by Gasteiger charge is -2.22. The number of carboxylic acids is 1. The number of amides is 2. The maximum atomic E-state index is 12.8. The third kappa shape index (κ3) is 5.53. The Balaban J connectivity index is 1.39. The van der Waals surface area contributed by atoms with Gasteiger partial charge in [-0.1, -0.05) is 68.3 Å². The van der Waals surface area contributed by atoms with Gasteiger partial charge in [0.2, 0.25) is 5.91 Å². The third-order valence-electron chi connectivity index (χ3n) is 6.48. The van der Waals surface area contributed by atoms with E-state index in [1.54, 1.807) is 0 Å². The molecule has 2 aliphatic rings. The van der Waals surface area contributed by atoms with Gasteiger partial charge in [0.15, 0.2) is 0 Å². The van der Waals surface area contributed by atoms with E-state index in [1.165, 1.54) is 0 Å². The van der Waals surface area contributed by atoms with Crippen LogP contribution >= 0.6 is 0 Å². The van der Waals surface area contributed by atoms with Gasteiger partial charge < -0.3 is 20.5 Å². The largest absolute Gasteiger partial charge is 0.481 e. The van der Waals surface area contributed by atoms with Crippen molar-refractivity contribution in [3.63, 3.8) is 0 Å². The number of nitrogens with one attached hydrogen (secondary N) is 2. The third-order valence-corrected chi connectivity index (χ3v) is 6.48. The minimum Gasteiger partial charge on any atom is -0.481 e. The molecule has 0 bridgehead atoms. The second-order valence-electron chi connectivity index (χ2n) is 8.91. The average Bonchev–Trinajstić information content (AvgIpc) is 3.57. The van der Waals surface area contributed by atoms with Crippen molar-refractivity contribution >= 4 is 18.0 Å². The van der Waals surface area contributed by atoms with Crippen molar-refractivity contribution in [2.24, 2.45) is 5.92 Å². The van der Waals surface area contributed by atoms with E-state index in [1.807, 2.05) is 31.2 Å². The normalized spacial score (nSPS) is 16.3. The van der Waals surface area contributed by atoms with Crippen LogP contribution in [0.25, 0.3) is 11.1 Å². The number of alkyl carbamates (subject to hydrolysis) is 1. The van der Waals surface area contributed by atoms with Gasteiger partial charge in [-0.05, 0) is 41.0 Å². The Labute approximate surface area is 193 Å². The van der Waals surface area contributed by atoms with Crippen LogP contribution in [0, 0.1) is 5.92 Å². The number of hydrogen-bond donors (Lipinski definition) is 3. The molecular weight excluding hydrogens is 420 g/mol. The van der Waals surface area contributed by atoms with E-state index in [2.05, 4.69) is 34.9 Å². The first-order valence-corrected chi connectivity index (χ1v) is 11.6. The zero-order valence-corrected chi connectivity index (χ0v) is 18.8. The summed E-state index contributed by atoms with van der Waals surface area (Å²) in [6, 6.07) is 15.0. The minimum atomic E-state index is -0.967. The van der Waals surface area contributed by atoms with Gasteiger partial charge in [-0.2, -0.15) is 0 Å². The molecule has 0 spiro atoms. The Hall–Kier alpha value is -3.35. The molecule has 0 heterocycles. The highest BCUT2D eigenvalue weighted by atomic mass is 16.5. The van der Waals surface area contributed by atoms with Crippen LogP contribution in [0.3, 0.4) is 0 Å². The molecule has 0 saturated heterocycles. The van der Waals surface area contributed by atoms with Crippen molar-refractivity contribution in [1.82, 2.24) is 10.6 Å². The summed E-state index contributed by atoms with van der Waals surface area (Å²) in [4.78, 5) is 36.5. The Morgan fingerprint density at radius 3 is 2.15 bits per heavy atom. The smallest absolute Gasteiger partial charge is 0.407 e.